The van der Waals surface area contributed by atoms with Crippen LogP contribution in [0.25, 0.3) is 0 Å². The second-order valence-corrected chi connectivity index (χ2v) is 3.40. The molecule has 1 unspecified atom stereocenters. The Morgan fingerprint density at radius 1 is 0.812 bits per heavy atom. The van der Waals surface area contributed by atoms with Gasteiger partial charge in [-0.3, -0.25) is 0 Å². The van der Waals surface area contributed by atoms with Crippen molar-refractivity contribution >= 4 is 0 Å². The molecule has 16 heavy (non-hydrogen) atoms. The molecule has 0 aromatic heterocycles. The molecule has 0 bridgehead atoms. The van der Waals surface area contributed by atoms with Gasteiger partial charge in [0.15, 0.2) is 0 Å². The van der Waals surface area contributed by atoms with Gasteiger partial charge in [0.2, 0.25) is 0 Å². The molecule has 1 atom stereocenters. The first-order valence-electron chi connectivity index (χ1n) is 4.79. The molecule has 0 saturated carbocycles. The Hall–Kier alpha value is -0.800. The predicted molar refractivity (Wildman–Crippen MR) is 59.7 cm³/mol. The summed E-state index contributed by atoms with van der Waals surface area (Å²) in [4.78, 5) is 0. The van der Waals surface area contributed by atoms with Crippen molar-refractivity contribution in [3.8, 4) is 5.75 Å². The molecule has 0 fully saturated rings. The summed E-state index contributed by atoms with van der Waals surface area (Å²) in [6, 6.07) is 16.0. The average Bonchev–Trinajstić information content (AvgIpc) is 2.30. The standard InChI is InChI=1S/C13H12O2.Na.H/c14-12-8-6-11(7-9-12)13(15)10-4-2-1-3-5-10;;/h1-9,13-15H;;/q;+1;-1. The minimum absolute atomic E-state index is 0. The van der Waals surface area contributed by atoms with Crippen LogP contribution in [-0.2, 0) is 0 Å². The SMILES string of the molecule is Oc1ccc(C(O)c2ccccc2)cc1.[H-].[Na+]. The van der Waals surface area contributed by atoms with Crippen LogP contribution >= 0.6 is 0 Å². The zero-order valence-corrected chi connectivity index (χ0v) is 11.2. The number of phenols is 1. The van der Waals surface area contributed by atoms with Crippen LogP contribution in [0, 0.1) is 0 Å². The molecular formula is C13H13NaO2. The maximum Gasteiger partial charge on any atom is 1.00 e. The molecule has 0 spiro atoms. The zero-order valence-electron chi connectivity index (χ0n) is 10.2. The summed E-state index contributed by atoms with van der Waals surface area (Å²) in [5.41, 5.74) is 1.63. The van der Waals surface area contributed by atoms with Crippen LogP contribution in [0.5, 0.6) is 5.75 Å². The van der Waals surface area contributed by atoms with E-state index >= 15 is 0 Å². The molecule has 0 aliphatic rings. The number of aliphatic hydroxyl groups is 1. The van der Waals surface area contributed by atoms with Crippen LogP contribution in [0.2, 0.25) is 0 Å². The van der Waals surface area contributed by atoms with Crippen LogP contribution in [0.4, 0.5) is 0 Å². The summed E-state index contributed by atoms with van der Waals surface area (Å²) < 4.78 is 0. The Bertz CT molecular complexity index is 431. The van der Waals surface area contributed by atoms with E-state index in [0.717, 1.165) is 11.1 Å². The molecule has 0 saturated heterocycles. The number of aromatic hydroxyl groups is 1. The third-order valence-corrected chi connectivity index (χ3v) is 2.32. The molecular weight excluding hydrogens is 211 g/mol. The van der Waals surface area contributed by atoms with E-state index in [1.54, 1.807) is 24.3 Å². The third-order valence-electron chi connectivity index (χ3n) is 2.32. The summed E-state index contributed by atoms with van der Waals surface area (Å²) in [6.07, 6.45) is -0.633. The molecule has 0 heterocycles. The zero-order chi connectivity index (χ0) is 10.7. The van der Waals surface area contributed by atoms with E-state index < -0.39 is 6.10 Å². The number of rotatable bonds is 2. The first-order chi connectivity index (χ1) is 7.27. The van der Waals surface area contributed by atoms with Gasteiger partial charge in [-0.25, -0.2) is 0 Å². The maximum absolute atomic E-state index is 10.0. The van der Waals surface area contributed by atoms with Gasteiger partial charge in [-0.2, -0.15) is 0 Å². The van der Waals surface area contributed by atoms with Crippen molar-refractivity contribution in [1.82, 2.24) is 0 Å². The predicted octanol–water partition coefficient (Wildman–Crippen LogP) is -0.410. The molecule has 0 amide bonds. The van der Waals surface area contributed by atoms with Crippen molar-refractivity contribution in [3.05, 3.63) is 65.7 Å². The summed E-state index contributed by atoms with van der Waals surface area (Å²) in [7, 11) is 0. The van der Waals surface area contributed by atoms with Crippen molar-refractivity contribution in [2.24, 2.45) is 0 Å². The van der Waals surface area contributed by atoms with Crippen molar-refractivity contribution in [3.63, 3.8) is 0 Å². The van der Waals surface area contributed by atoms with Crippen LogP contribution in [0.15, 0.2) is 54.6 Å². The van der Waals surface area contributed by atoms with Gasteiger partial charge in [0.05, 0.1) is 0 Å². The van der Waals surface area contributed by atoms with Gasteiger partial charge in [-0.1, -0.05) is 42.5 Å². The van der Waals surface area contributed by atoms with Gasteiger partial charge in [-0.15, -0.1) is 0 Å². The van der Waals surface area contributed by atoms with Gasteiger partial charge in [-0.05, 0) is 23.3 Å². The van der Waals surface area contributed by atoms with Gasteiger partial charge in [0.25, 0.3) is 0 Å². The van der Waals surface area contributed by atoms with Crippen LogP contribution in [0.1, 0.15) is 18.7 Å². The Morgan fingerprint density at radius 3 is 1.88 bits per heavy atom. The number of hydrogen-bond donors (Lipinski definition) is 2. The van der Waals surface area contributed by atoms with E-state index in [4.69, 9.17) is 5.11 Å². The average molecular weight is 224 g/mol. The topological polar surface area (TPSA) is 40.5 Å². The van der Waals surface area contributed by atoms with E-state index in [-0.39, 0.29) is 36.7 Å². The largest absolute Gasteiger partial charge is 1.00 e. The maximum atomic E-state index is 10.0. The third kappa shape index (κ3) is 3.09. The Labute approximate surface area is 118 Å². The molecule has 0 aliphatic carbocycles. The van der Waals surface area contributed by atoms with E-state index in [1.807, 2.05) is 30.3 Å². The summed E-state index contributed by atoms with van der Waals surface area (Å²) in [5.74, 6) is 0.207. The molecule has 2 rings (SSSR count). The minimum atomic E-state index is -0.633. The van der Waals surface area contributed by atoms with E-state index in [1.165, 1.54) is 0 Å². The second kappa shape index (κ2) is 6.06. The van der Waals surface area contributed by atoms with Gasteiger partial charge in [0, 0.05) is 0 Å². The monoisotopic (exact) mass is 224 g/mol. The Morgan fingerprint density at radius 2 is 1.31 bits per heavy atom. The molecule has 0 radical (unpaired) electrons. The van der Waals surface area contributed by atoms with Gasteiger partial charge < -0.3 is 11.6 Å². The second-order valence-electron chi connectivity index (χ2n) is 3.40. The molecule has 2 aromatic rings. The van der Waals surface area contributed by atoms with Crippen molar-refractivity contribution in [2.45, 2.75) is 6.10 Å². The Kier molecular flexibility index (Phi) is 5.03. The smallest absolute Gasteiger partial charge is 1.00 e. The number of phenolic OH excluding ortho intramolecular Hbond substituents is 1. The molecule has 0 aliphatic heterocycles. The van der Waals surface area contributed by atoms with E-state index in [9.17, 15) is 5.11 Å². The van der Waals surface area contributed by atoms with E-state index in [0.29, 0.717) is 0 Å². The molecule has 2 N–H and O–H groups in total. The molecule has 2 aromatic carbocycles. The fraction of sp³-hybridized carbons (Fsp3) is 0.0769. The molecule has 3 heteroatoms. The van der Waals surface area contributed by atoms with Gasteiger partial charge >= 0.3 is 29.6 Å². The Balaban J connectivity index is 0.00000128. The number of hydrogen-bond acceptors (Lipinski definition) is 2. The molecule has 78 valence electrons. The summed E-state index contributed by atoms with van der Waals surface area (Å²) in [6.45, 7) is 0. The van der Waals surface area contributed by atoms with Crippen molar-refractivity contribution in [2.75, 3.05) is 0 Å². The summed E-state index contributed by atoms with van der Waals surface area (Å²) in [5, 5.41) is 19.1. The quantitative estimate of drug-likeness (QED) is 0.681. The fourth-order valence-corrected chi connectivity index (χ4v) is 1.48. The van der Waals surface area contributed by atoms with E-state index in [2.05, 4.69) is 0 Å². The normalized spacial score (nSPS) is 11.6. The van der Waals surface area contributed by atoms with Gasteiger partial charge in [0.1, 0.15) is 11.9 Å². The fourth-order valence-electron chi connectivity index (χ4n) is 1.48. The van der Waals surface area contributed by atoms with Crippen molar-refractivity contribution in [1.29, 1.82) is 0 Å². The van der Waals surface area contributed by atoms with Crippen LogP contribution < -0.4 is 29.6 Å². The number of benzene rings is 2. The van der Waals surface area contributed by atoms with Crippen LogP contribution in [0.3, 0.4) is 0 Å². The molecule has 2 nitrogen and oxygen atoms in total. The first kappa shape index (κ1) is 13.3. The summed E-state index contributed by atoms with van der Waals surface area (Å²) >= 11 is 0. The van der Waals surface area contributed by atoms with Crippen molar-refractivity contribution < 1.29 is 41.2 Å². The minimum Gasteiger partial charge on any atom is -1.00 e. The number of aliphatic hydroxyl groups excluding tert-OH is 1. The van der Waals surface area contributed by atoms with Crippen LogP contribution in [-0.4, -0.2) is 10.2 Å². The first-order valence-corrected chi connectivity index (χ1v) is 4.79.